The van der Waals surface area contributed by atoms with Crippen LogP contribution in [0.5, 0.6) is 0 Å². The Labute approximate surface area is 99.2 Å². The SMILES string of the molecule is COCC(O)(OC)C(O)(OC)OC.NC(N)=O. The molecule has 0 aliphatic rings. The average Bonchev–Trinajstić information content (AvgIpc) is 2.27. The molecule has 104 valence electrons. The van der Waals surface area contributed by atoms with Crippen LogP contribution in [-0.4, -0.2) is 63.1 Å². The molecule has 0 saturated carbocycles. The van der Waals surface area contributed by atoms with Gasteiger partial charge in [-0.25, -0.2) is 4.79 Å². The van der Waals surface area contributed by atoms with E-state index in [1.165, 1.54) is 28.4 Å². The minimum Gasteiger partial charge on any atom is -0.379 e. The lowest BCUT2D eigenvalue weighted by Crippen LogP contribution is -2.60. The molecule has 1 atom stereocenters. The number of hydrogen-bond donors (Lipinski definition) is 4. The highest BCUT2D eigenvalue weighted by atomic mass is 16.9. The number of carbonyl (C=O) groups is 1. The third kappa shape index (κ3) is 5.77. The van der Waals surface area contributed by atoms with Crippen molar-refractivity contribution in [1.29, 1.82) is 0 Å². The normalized spacial score (nSPS) is 14.5. The van der Waals surface area contributed by atoms with E-state index in [1.54, 1.807) is 0 Å². The van der Waals surface area contributed by atoms with Crippen LogP contribution in [0.25, 0.3) is 0 Å². The number of carbonyl (C=O) groups excluding carboxylic acids is 1. The van der Waals surface area contributed by atoms with Gasteiger partial charge in [0.05, 0.1) is 0 Å². The average molecular weight is 256 g/mol. The third-order valence-corrected chi connectivity index (χ3v) is 1.72. The Morgan fingerprint density at radius 2 is 1.41 bits per heavy atom. The van der Waals surface area contributed by atoms with Crippen LogP contribution in [0, 0.1) is 0 Å². The predicted octanol–water partition coefficient (Wildman–Crippen LogP) is -2.07. The summed E-state index contributed by atoms with van der Waals surface area (Å²) in [6.07, 6.45) is 0. The molecule has 1 unspecified atom stereocenters. The van der Waals surface area contributed by atoms with Gasteiger partial charge in [-0.1, -0.05) is 0 Å². The van der Waals surface area contributed by atoms with Crippen molar-refractivity contribution < 1.29 is 34.0 Å². The van der Waals surface area contributed by atoms with Crippen molar-refractivity contribution >= 4 is 6.03 Å². The van der Waals surface area contributed by atoms with E-state index in [0.717, 1.165) is 0 Å². The van der Waals surface area contributed by atoms with Gasteiger partial charge in [-0.3, -0.25) is 0 Å². The smallest absolute Gasteiger partial charge is 0.339 e. The standard InChI is InChI=1S/C7H16O6.CH4N2O/c1-10-5-6(8,11-2)7(9,12-3)13-4;2-1(3)4/h8-9H,5H2,1-4H3;(H4,2,3,4). The van der Waals surface area contributed by atoms with Crippen LogP contribution in [0.2, 0.25) is 0 Å². The molecular weight excluding hydrogens is 236 g/mol. The number of urea groups is 1. The van der Waals surface area contributed by atoms with Gasteiger partial charge in [-0.15, -0.1) is 0 Å². The highest BCUT2D eigenvalue weighted by Crippen LogP contribution is 2.25. The zero-order valence-electron chi connectivity index (χ0n) is 10.3. The van der Waals surface area contributed by atoms with Crippen LogP contribution in [-0.2, 0) is 18.9 Å². The maximum absolute atomic E-state index is 9.69. The topological polar surface area (TPSA) is 146 Å². The second-order valence-corrected chi connectivity index (χ2v) is 2.81. The van der Waals surface area contributed by atoms with Crippen molar-refractivity contribution in [3.05, 3.63) is 0 Å². The monoisotopic (exact) mass is 256 g/mol. The number of hydrogen-bond acceptors (Lipinski definition) is 7. The molecule has 0 heterocycles. The fourth-order valence-electron chi connectivity index (χ4n) is 0.877. The highest BCUT2D eigenvalue weighted by molar-refractivity contribution is 5.69. The zero-order valence-corrected chi connectivity index (χ0v) is 10.3. The van der Waals surface area contributed by atoms with Gasteiger partial charge >= 0.3 is 12.0 Å². The van der Waals surface area contributed by atoms with E-state index in [4.69, 9.17) is 4.79 Å². The van der Waals surface area contributed by atoms with E-state index < -0.39 is 17.8 Å². The summed E-state index contributed by atoms with van der Waals surface area (Å²) in [7, 11) is 4.88. The quantitative estimate of drug-likeness (QED) is 0.399. The number of amides is 2. The summed E-state index contributed by atoms with van der Waals surface area (Å²) < 4.78 is 18.5. The highest BCUT2D eigenvalue weighted by Gasteiger charge is 2.52. The maximum Gasteiger partial charge on any atom is 0.339 e. The Bertz CT molecular complexity index is 218. The molecule has 0 aromatic heterocycles. The first-order valence-corrected chi connectivity index (χ1v) is 4.37. The molecule has 0 aliphatic carbocycles. The number of methoxy groups -OCH3 is 4. The minimum atomic E-state index is -2.25. The first kappa shape index (κ1) is 18.4. The molecule has 0 fully saturated rings. The second kappa shape index (κ2) is 8.17. The first-order chi connectivity index (χ1) is 7.72. The van der Waals surface area contributed by atoms with Crippen molar-refractivity contribution in [2.24, 2.45) is 11.5 Å². The molecule has 0 aliphatic heterocycles. The van der Waals surface area contributed by atoms with Gasteiger partial charge in [0.2, 0.25) is 0 Å². The van der Waals surface area contributed by atoms with Crippen LogP contribution < -0.4 is 11.5 Å². The van der Waals surface area contributed by atoms with Crippen LogP contribution in [0.3, 0.4) is 0 Å². The molecule has 0 radical (unpaired) electrons. The lowest BCUT2D eigenvalue weighted by Gasteiger charge is -2.38. The van der Waals surface area contributed by atoms with E-state index in [-0.39, 0.29) is 6.61 Å². The van der Waals surface area contributed by atoms with Crippen LogP contribution in [0.1, 0.15) is 0 Å². The summed E-state index contributed by atoms with van der Waals surface area (Å²) in [6.45, 7) is -0.290. The third-order valence-electron chi connectivity index (χ3n) is 1.72. The number of ether oxygens (including phenoxy) is 4. The Morgan fingerprint density at radius 3 is 1.59 bits per heavy atom. The van der Waals surface area contributed by atoms with Crippen LogP contribution in [0.4, 0.5) is 4.79 Å². The zero-order chi connectivity index (χ0) is 14.1. The van der Waals surface area contributed by atoms with Gasteiger partial charge in [0.25, 0.3) is 5.79 Å². The Hall–Kier alpha value is -0.970. The molecule has 9 heteroatoms. The van der Waals surface area contributed by atoms with Gasteiger partial charge in [0.1, 0.15) is 6.61 Å². The molecule has 0 rings (SSSR count). The molecular formula is C8H20N2O7. The first-order valence-electron chi connectivity index (χ1n) is 4.37. The van der Waals surface area contributed by atoms with E-state index in [9.17, 15) is 10.2 Å². The summed E-state index contributed by atoms with van der Waals surface area (Å²) >= 11 is 0. The van der Waals surface area contributed by atoms with Gasteiger partial charge in [0.15, 0.2) is 0 Å². The Morgan fingerprint density at radius 1 is 1.06 bits per heavy atom. The molecule has 6 N–H and O–H groups in total. The van der Waals surface area contributed by atoms with Crippen molar-refractivity contribution in [2.75, 3.05) is 35.0 Å². The number of rotatable bonds is 6. The molecule has 0 bridgehead atoms. The van der Waals surface area contributed by atoms with E-state index in [0.29, 0.717) is 0 Å². The van der Waals surface area contributed by atoms with Gasteiger partial charge < -0.3 is 40.6 Å². The Kier molecular flexibility index (Phi) is 8.84. The van der Waals surface area contributed by atoms with Crippen molar-refractivity contribution in [1.82, 2.24) is 0 Å². The van der Waals surface area contributed by atoms with E-state index in [1.807, 2.05) is 0 Å². The predicted molar refractivity (Wildman–Crippen MR) is 56.6 cm³/mol. The largest absolute Gasteiger partial charge is 0.379 e. The fraction of sp³-hybridized carbons (Fsp3) is 0.875. The number of aliphatic hydroxyl groups is 2. The fourth-order valence-corrected chi connectivity index (χ4v) is 0.877. The molecule has 9 nitrogen and oxygen atoms in total. The molecule has 0 saturated heterocycles. The van der Waals surface area contributed by atoms with Crippen molar-refractivity contribution in [3.8, 4) is 0 Å². The lowest BCUT2D eigenvalue weighted by molar-refractivity contribution is -0.470. The second-order valence-electron chi connectivity index (χ2n) is 2.81. The summed E-state index contributed by atoms with van der Waals surface area (Å²) in [5.74, 6) is -4.32. The summed E-state index contributed by atoms with van der Waals surface area (Å²) in [6, 6.07) is -0.833. The summed E-state index contributed by atoms with van der Waals surface area (Å²) in [5, 5.41) is 19.3. The van der Waals surface area contributed by atoms with Crippen LogP contribution in [0.15, 0.2) is 0 Å². The van der Waals surface area contributed by atoms with Crippen molar-refractivity contribution in [2.45, 2.75) is 11.8 Å². The molecule has 2 amide bonds. The maximum atomic E-state index is 9.69. The number of primary amides is 2. The Balaban J connectivity index is 0. The van der Waals surface area contributed by atoms with E-state index in [2.05, 4.69) is 30.4 Å². The molecule has 0 spiro atoms. The molecule has 0 aromatic rings. The van der Waals surface area contributed by atoms with Gasteiger partial charge in [0, 0.05) is 28.4 Å². The van der Waals surface area contributed by atoms with E-state index >= 15 is 0 Å². The molecule has 17 heavy (non-hydrogen) atoms. The summed E-state index contributed by atoms with van der Waals surface area (Å²) in [5.41, 5.74) is 8.50. The summed E-state index contributed by atoms with van der Waals surface area (Å²) in [4.78, 5) is 9.00. The molecule has 0 aromatic carbocycles. The van der Waals surface area contributed by atoms with Crippen LogP contribution >= 0.6 is 0 Å². The lowest BCUT2D eigenvalue weighted by atomic mass is 10.2. The van der Waals surface area contributed by atoms with Gasteiger partial charge in [-0.2, -0.15) is 0 Å². The van der Waals surface area contributed by atoms with Crippen molar-refractivity contribution in [3.63, 3.8) is 0 Å². The number of nitrogens with two attached hydrogens (primary N) is 2. The van der Waals surface area contributed by atoms with Gasteiger partial charge in [-0.05, 0) is 0 Å². The minimum absolute atomic E-state index is 0.290.